The van der Waals surface area contributed by atoms with Gasteiger partial charge in [-0.05, 0) is 40.7 Å². The zero-order valence-electron chi connectivity index (χ0n) is 10.7. The molecule has 0 aromatic carbocycles. The van der Waals surface area contributed by atoms with Gasteiger partial charge in [-0.15, -0.1) is 0 Å². The van der Waals surface area contributed by atoms with Crippen molar-refractivity contribution < 1.29 is 0 Å². The van der Waals surface area contributed by atoms with Crippen molar-refractivity contribution in [2.45, 2.75) is 40.7 Å². The van der Waals surface area contributed by atoms with Gasteiger partial charge in [0.15, 0.2) is 0 Å². The van der Waals surface area contributed by atoms with E-state index in [1.807, 2.05) is 19.9 Å². The van der Waals surface area contributed by atoms with Crippen LogP contribution in [0.1, 0.15) is 37.7 Å². The van der Waals surface area contributed by atoms with Crippen LogP contribution in [0.25, 0.3) is 0 Å². The Bertz CT molecular complexity index is 416. The Labute approximate surface area is 97.7 Å². The van der Waals surface area contributed by atoms with E-state index in [1.165, 1.54) is 0 Å². The lowest BCUT2D eigenvalue weighted by Gasteiger charge is -2.29. The minimum atomic E-state index is 0.387. The summed E-state index contributed by atoms with van der Waals surface area (Å²) in [6.45, 7) is 11.1. The van der Waals surface area contributed by atoms with Gasteiger partial charge in [-0.2, -0.15) is 5.26 Å². The molecule has 86 valence electrons. The molecular formula is C13H19N3. The van der Waals surface area contributed by atoms with Crippen molar-refractivity contribution in [3.8, 4) is 6.07 Å². The predicted octanol–water partition coefficient (Wildman–Crippen LogP) is 2.80. The molecule has 0 N–H and O–H groups in total. The van der Waals surface area contributed by atoms with Crippen LogP contribution in [0.4, 0.5) is 5.69 Å². The quantitative estimate of drug-likeness (QED) is 0.781. The van der Waals surface area contributed by atoms with Gasteiger partial charge in [0.25, 0.3) is 0 Å². The van der Waals surface area contributed by atoms with Crippen LogP contribution in [0.3, 0.4) is 0 Å². The number of rotatable bonds is 3. The summed E-state index contributed by atoms with van der Waals surface area (Å²) in [4.78, 5) is 6.55. The Morgan fingerprint density at radius 2 is 2.06 bits per heavy atom. The van der Waals surface area contributed by atoms with E-state index in [0.29, 0.717) is 11.6 Å². The molecule has 0 saturated heterocycles. The van der Waals surface area contributed by atoms with Crippen molar-refractivity contribution >= 4 is 5.69 Å². The summed E-state index contributed by atoms with van der Waals surface area (Å²) < 4.78 is 0. The summed E-state index contributed by atoms with van der Waals surface area (Å²) in [5.41, 5.74) is 3.48. The number of pyridine rings is 1. The molecule has 1 heterocycles. The van der Waals surface area contributed by atoms with Crippen LogP contribution in [-0.2, 0) is 0 Å². The highest BCUT2D eigenvalue weighted by Gasteiger charge is 2.15. The summed E-state index contributed by atoms with van der Waals surface area (Å²) in [5, 5.41) is 9.20. The van der Waals surface area contributed by atoms with Crippen molar-refractivity contribution in [3.63, 3.8) is 0 Å². The van der Waals surface area contributed by atoms with E-state index in [4.69, 9.17) is 0 Å². The summed E-state index contributed by atoms with van der Waals surface area (Å²) in [6.07, 6.45) is 0. The summed E-state index contributed by atoms with van der Waals surface area (Å²) in [5.74, 6) is 0. The van der Waals surface area contributed by atoms with E-state index < -0.39 is 0 Å². The largest absolute Gasteiger partial charge is 0.368 e. The minimum absolute atomic E-state index is 0.387. The minimum Gasteiger partial charge on any atom is -0.368 e. The first-order valence-corrected chi connectivity index (χ1v) is 5.66. The molecule has 0 amide bonds. The average Bonchev–Trinajstić information content (AvgIpc) is 2.17. The zero-order valence-corrected chi connectivity index (χ0v) is 10.7. The first-order valence-electron chi connectivity index (χ1n) is 5.66. The lowest BCUT2D eigenvalue weighted by atomic mass is 10.1. The van der Waals surface area contributed by atoms with Crippen molar-refractivity contribution in [2.24, 2.45) is 0 Å². The SMILES string of the molecule is CCN(c1cc(C)nc(C)c1C#N)C(C)C. The van der Waals surface area contributed by atoms with Gasteiger partial charge in [-0.25, -0.2) is 0 Å². The van der Waals surface area contributed by atoms with Crippen LogP contribution < -0.4 is 4.90 Å². The Balaban J connectivity index is 3.36. The number of aromatic nitrogens is 1. The molecule has 1 aromatic heterocycles. The standard InChI is InChI=1S/C13H19N3/c1-6-16(9(2)3)13-7-10(4)15-11(5)12(13)8-14/h7,9H,6H2,1-5H3. The number of anilines is 1. The number of nitrogens with zero attached hydrogens (tertiary/aromatic N) is 3. The van der Waals surface area contributed by atoms with Crippen LogP contribution in [0.5, 0.6) is 0 Å². The maximum atomic E-state index is 9.20. The molecule has 0 spiro atoms. The van der Waals surface area contributed by atoms with Gasteiger partial charge in [0, 0.05) is 18.3 Å². The molecule has 0 bridgehead atoms. The second-order valence-electron chi connectivity index (χ2n) is 4.23. The summed E-state index contributed by atoms with van der Waals surface area (Å²) in [7, 11) is 0. The third-order valence-corrected chi connectivity index (χ3v) is 2.69. The molecule has 16 heavy (non-hydrogen) atoms. The van der Waals surface area contributed by atoms with Gasteiger partial charge in [0.05, 0.1) is 16.9 Å². The number of nitriles is 1. The van der Waals surface area contributed by atoms with Crippen molar-refractivity contribution in [1.82, 2.24) is 4.98 Å². The third-order valence-electron chi connectivity index (χ3n) is 2.69. The molecule has 0 aliphatic carbocycles. The van der Waals surface area contributed by atoms with Crippen LogP contribution in [0.15, 0.2) is 6.07 Å². The molecule has 0 aliphatic rings. The van der Waals surface area contributed by atoms with Gasteiger partial charge in [-0.3, -0.25) is 4.98 Å². The van der Waals surface area contributed by atoms with Crippen LogP contribution >= 0.6 is 0 Å². The summed E-state index contributed by atoms with van der Waals surface area (Å²) in [6, 6.07) is 4.64. The predicted molar refractivity (Wildman–Crippen MR) is 66.6 cm³/mol. The molecule has 0 unspecified atom stereocenters. The maximum Gasteiger partial charge on any atom is 0.103 e. The monoisotopic (exact) mass is 217 g/mol. The fraction of sp³-hybridized carbons (Fsp3) is 0.538. The molecule has 0 radical (unpaired) electrons. The number of aryl methyl sites for hydroxylation is 2. The highest BCUT2D eigenvalue weighted by molar-refractivity contribution is 5.62. The van der Waals surface area contributed by atoms with Gasteiger partial charge in [0.2, 0.25) is 0 Å². The number of hydrogen-bond donors (Lipinski definition) is 0. The topological polar surface area (TPSA) is 39.9 Å². The van der Waals surface area contributed by atoms with E-state index in [0.717, 1.165) is 23.6 Å². The first-order chi connectivity index (χ1) is 7.51. The molecule has 1 rings (SSSR count). The molecule has 1 aromatic rings. The maximum absolute atomic E-state index is 9.20. The van der Waals surface area contributed by atoms with Crippen LogP contribution in [0, 0.1) is 25.2 Å². The first kappa shape index (κ1) is 12.5. The summed E-state index contributed by atoms with van der Waals surface area (Å²) >= 11 is 0. The lowest BCUT2D eigenvalue weighted by molar-refractivity contribution is 0.701. The molecule has 0 fully saturated rings. The third kappa shape index (κ3) is 2.33. The zero-order chi connectivity index (χ0) is 12.3. The van der Waals surface area contributed by atoms with E-state index in [1.54, 1.807) is 0 Å². The molecular weight excluding hydrogens is 198 g/mol. The molecule has 3 nitrogen and oxygen atoms in total. The Kier molecular flexibility index (Phi) is 3.89. The fourth-order valence-electron chi connectivity index (χ4n) is 1.99. The van der Waals surface area contributed by atoms with Gasteiger partial charge in [-0.1, -0.05) is 0 Å². The van der Waals surface area contributed by atoms with E-state index in [2.05, 4.69) is 36.7 Å². The smallest absolute Gasteiger partial charge is 0.103 e. The normalized spacial score (nSPS) is 10.3. The van der Waals surface area contributed by atoms with Crippen molar-refractivity contribution in [3.05, 3.63) is 23.0 Å². The van der Waals surface area contributed by atoms with Gasteiger partial charge >= 0.3 is 0 Å². The highest BCUT2D eigenvalue weighted by Crippen LogP contribution is 2.24. The van der Waals surface area contributed by atoms with Gasteiger partial charge < -0.3 is 4.90 Å². The number of hydrogen-bond acceptors (Lipinski definition) is 3. The highest BCUT2D eigenvalue weighted by atomic mass is 15.1. The van der Waals surface area contributed by atoms with Crippen molar-refractivity contribution in [2.75, 3.05) is 11.4 Å². The molecule has 0 atom stereocenters. The molecule has 3 heteroatoms. The Morgan fingerprint density at radius 1 is 1.44 bits per heavy atom. The van der Waals surface area contributed by atoms with Crippen LogP contribution in [0.2, 0.25) is 0 Å². The molecule has 0 saturated carbocycles. The van der Waals surface area contributed by atoms with Crippen molar-refractivity contribution in [1.29, 1.82) is 5.26 Å². The van der Waals surface area contributed by atoms with Gasteiger partial charge in [0.1, 0.15) is 6.07 Å². The fourth-order valence-corrected chi connectivity index (χ4v) is 1.99. The van der Waals surface area contributed by atoms with E-state index in [-0.39, 0.29) is 0 Å². The molecule has 0 aliphatic heterocycles. The van der Waals surface area contributed by atoms with E-state index in [9.17, 15) is 5.26 Å². The van der Waals surface area contributed by atoms with E-state index >= 15 is 0 Å². The average molecular weight is 217 g/mol. The van der Waals surface area contributed by atoms with Crippen LogP contribution in [-0.4, -0.2) is 17.6 Å². The Morgan fingerprint density at radius 3 is 2.50 bits per heavy atom. The second kappa shape index (κ2) is 4.98. The lowest BCUT2D eigenvalue weighted by Crippen LogP contribution is -2.31. The second-order valence-corrected chi connectivity index (χ2v) is 4.23. The Hall–Kier alpha value is -1.56.